The Balaban J connectivity index is 2.00. The van der Waals surface area contributed by atoms with E-state index in [2.05, 4.69) is 37.3 Å². The molecule has 19 heavy (non-hydrogen) atoms. The van der Waals surface area contributed by atoms with Gasteiger partial charge in [0.25, 0.3) is 0 Å². The number of rotatable bonds is 0. The zero-order valence-corrected chi connectivity index (χ0v) is 10.8. The van der Waals surface area contributed by atoms with Crippen LogP contribution in [0.15, 0.2) is 42.9 Å². The fraction of sp³-hybridized carbons (Fsp3) is 0.0714. The third-order valence-corrected chi connectivity index (χ3v) is 4.63. The highest BCUT2D eigenvalue weighted by molar-refractivity contribution is 7.23. The zero-order valence-electron chi connectivity index (χ0n) is 9.95. The molecule has 0 atom stereocenters. The number of aromatic nitrogens is 4. The van der Waals surface area contributed by atoms with Crippen molar-refractivity contribution in [3.8, 4) is 11.5 Å². The van der Waals surface area contributed by atoms with Crippen LogP contribution < -0.4 is 4.57 Å². The fourth-order valence-electron chi connectivity index (χ4n) is 2.82. The normalized spacial score (nSPS) is 13.1. The van der Waals surface area contributed by atoms with E-state index in [0.717, 1.165) is 23.7 Å². The van der Waals surface area contributed by atoms with Crippen LogP contribution in [0.4, 0.5) is 0 Å². The van der Waals surface area contributed by atoms with E-state index in [1.54, 1.807) is 11.3 Å². The summed E-state index contributed by atoms with van der Waals surface area (Å²) in [5.74, 6) is 1.15. The Hall–Kier alpha value is -2.27. The van der Waals surface area contributed by atoms with Gasteiger partial charge in [0.1, 0.15) is 12.7 Å². The molecule has 5 heterocycles. The van der Waals surface area contributed by atoms with Gasteiger partial charge in [-0.05, 0) is 18.2 Å². The van der Waals surface area contributed by atoms with Gasteiger partial charge in [0, 0.05) is 18.0 Å². The molecule has 4 aromatic heterocycles. The lowest BCUT2D eigenvalue weighted by Crippen LogP contribution is -2.29. The first-order valence-electron chi connectivity index (χ1n) is 6.14. The molecule has 5 rings (SSSR count). The quantitative estimate of drug-likeness (QED) is 0.402. The second kappa shape index (κ2) is 3.19. The maximum Gasteiger partial charge on any atom is 0.316 e. The number of thiazole rings is 1. The Kier molecular flexibility index (Phi) is 1.62. The summed E-state index contributed by atoms with van der Waals surface area (Å²) in [6.45, 7) is 0.904. The molecule has 0 N–H and O–H groups in total. The van der Waals surface area contributed by atoms with E-state index in [1.165, 1.54) is 15.1 Å². The van der Waals surface area contributed by atoms with Crippen molar-refractivity contribution in [1.82, 2.24) is 14.4 Å². The van der Waals surface area contributed by atoms with Gasteiger partial charge in [-0.15, -0.1) is 0 Å². The molecule has 0 aliphatic carbocycles. The van der Waals surface area contributed by atoms with E-state index in [0.29, 0.717) is 0 Å². The molecule has 4 aromatic rings. The van der Waals surface area contributed by atoms with Crippen LogP contribution in [0.3, 0.4) is 0 Å². The Morgan fingerprint density at radius 2 is 2.05 bits per heavy atom. The second-order valence-corrected chi connectivity index (χ2v) is 5.75. The minimum atomic E-state index is 0.904. The second-order valence-electron chi connectivity index (χ2n) is 4.69. The number of fused-ring (bicyclic) bond motifs is 7. The summed E-state index contributed by atoms with van der Waals surface area (Å²) in [7, 11) is 0. The molecule has 0 aromatic carbocycles. The summed E-state index contributed by atoms with van der Waals surface area (Å²) in [5, 5.41) is 0. The van der Waals surface area contributed by atoms with Crippen LogP contribution in [0, 0.1) is 0 Å². The van der Waals surface area contributed by atoms with Gasteiger partial charge >= 0.3 is 5.82 Å². The summed E-state index contributed by atoms with van der Waals surface area (Å²) in [4.78, 5) is 10.3. The summed E-state index contributed by atoms with van der Waals surface area (Å²) in [6.07, 6.45) is 5.90. The average molecular weight is 265 g/mol. The molecule has 0 radical (unpaired) electrons. The highest BCUT2D eigenvalue weighted by atomic mass is 32.1. The zero-order chi connectivity index (χ0) is 12.4. The maximum atomic E-state index is 4.54. The standard InChI is InChI=1S/C14H9N4S/c1-3-9-7-17-8-11-18(14(17)12(9)15-5-1)13-10(19-11)4-2-6-16-13/h1-6,8H,7H2/q+1. The molecule has 0 spiro atoms. The largest absolute Gasteiger partial charge is 0.316 e. The molecular formula is C14H9N4S+. The van der Waals surface area contributed by atoms with Crippen molar-refractivity contribution in [2.24, 2.45) is 0 Å². The van der Waals surface area contributed by atoms with E-state index in [9.17, 15) is 0 Å². The highest BCUT2D eigenvalue weighted by Crippen LogP contribution is 2.32. The third-order valence-electron chi connectivity index (χ3n) is 3.59. The molecule has 0 saturated heterocycles. The Morgan fingerprint density at radius 3 is 3.05 bits per heavy atom. The topological polar surface area (TPSA) is 34.1 Å². The van der Waals surface area contributed by atoms with Crippen molar-refractivity contribution in [1.29, 1.82) is 0 Å². The summed E-state index contributed by atoms with van der Waals surface area (Å²) in [6, 6.07) is 8.24. The first-order chi connectivity index (χ1) is 9.42. The van der Waals surface area contributed by atoms with Crippen LogP contribution in [-0.2, 0) is 6.54 Å². The van der Waals surface area contributed by atoms with Crippen LogP contribution in [0.1, 0.15) is 5.56 Å². The van der Waals surface area contributed by atoms with Gasteiger partial charge in [0.2, 0.25) is 10.5 Å². The first kappa shape index (κ1) is 9.63. The molecule has 1 aliphatic rings. The van der Waals surface area contributed by atoms with E-state index in [4.69, 9.17) is 0 Å². The van der Waals surface area contributed by atoms with Crippen molar-refractivity contribution in [2.45, 2.75) is 6.54 Å². The maximum absolute atomic E-state index is 4.54. The summed E-state index contributed by atoms with van der Waals surface area (Å²) in [5.41, 5.74) is 3.38. The smallest absolute Gasteiger partial charge is 0.248 e. The predicted molar refractivity (Wildman–Crippen MR) is 73.1 cm³/mol. The molecule has 0 fully saturated rings. The Bertz CT molecular complexity index is 951. The van der Waals surface area contributed by atoms with Gasteiger partial charge in [-0.3, -0.25) is 0 Å². The lowest BCUT2D eigenvalue weighted by Gasteiger charge is -1.91. The van der Waals surface area contributed by atoms with Gasteiger partial charge in [0.05, 0.1) is 4.70 Å². The van der Waals surface area contributed by atoms with E-state index < -0.39 is 0 Å². The lowest BCUT2D eigenvalue weighted by atomic mass is 10.2. The average Bonchev–Trinajstić information content (AvgIpc) is 3.04. The van der Waals surface area contributed by atoms with Crippen molar-refractivity contribution >= 4 is 26.5 Å². The summed E-state index contributed by atoms with van der Waals surface area (Å²) < 4.78 is 5.70. The SMILES string of the molecule is c1cnc2c(c1)C[n+]1cc3sc4cccnc4n3c1-2. The molecular weight excluding hydrogens is 256 g/mol. The van der Waals surface area contributed by atoms with Gasteiger partial charge in [0.15, 0.2) is 5.69 Å². The Labute approximate surface area is 112 Å². The highest BCUT2D eigenvalue weighted by Gasteiger charge is 2.33. The van der Waals surface area contributed by atoms with Crippen LogP contribution in [0.5, 0.6) is 0 Å². The predicted octanol–water partition coefficient (Wildman–Crippen LogP) is 2.26. The molecule has 5 heteroatoms. The molecule has 0 saturated carbocycles. The van der Waals surface area contributed by atoms with Crippen molar-refractivity contribution < 1.29 is 4.57 Å². The van der Waals surface area contributed by atoms with Crippen molar-refractivity contribution in [3.05, 3.63) is 48.4 Å². The minimum absolute atomic E-state index is 0.904. The van der Waals surface area contributed by atoms with Gasteiger partial charge in [-0.2, -0.15) is 4.40 Å². The molecule has 1 aliphatic heterocycles. The minimum Gasteiger partial charge on any atom is -0.248 e. The molecule has 4 nitrogen and oxygen atoms in total. The Morgan fingerprint density at radius 1 is 1.16 bits per heavy atom. The number of pyridine rings is 2. The first-order valence-corrected chi connectivity index (χ1v) is 6.96. The van der Waals surface area contributed by atoms with Crippen LogP contribution in [0.25, 0.3) is 26.7 Å². The number of imidazole rings is 1. The van der Waals surface area contributed by atoms with Gasteiger partial charge in [-0.25, -0.2) is 14.5 Å². The lowest BCUT2D eigenvalue weighted by molar-refractivity contribution is -0.670. The molecule has 0 amide bonds. The van der Waals surface area contributed by atoms with Gasteiger partial charge in [-0.1, -0.05) is 17.4 Å². The fourth-order valence-corrected chi connectivity index (χ4v) is 3.87. The van der Waals surface area contributed by atoms with Crippen molar-refractivity contribution in [2.75, 3.05) is 0 Å². The molecule has 0 bridgehead atoms. The van der Waals surface area contributed by atoms with Gasteiger partial charge < -0.3 is 0 Å². The van der Waals surface area contributed by atoms with E-state index >= 15 is 0 Å². The summed E-state index contributed by atoms with van der Waals surface area (Å²) >= 11 is 1.77. The number of hydrogen-bond donors (Lipinski definition) is 0. The van der Waals surface area contributed by atoms with Crippen LogP contribution in [-0.4, -0.2) is 14.4 Å². The monoisotopic (exact) mass is 265 g/mol. The molecule has 90 valence electrons. The number of nitrogens with zero attached hydrogens (tertiary/aromatic N) is 4. The van der Waals surface area contributed by atoms with Crippen LogP contribution >= 0.6 is 11.3 Å². The van der Waals surface area contributed by atoms with E-state index in [-0.39, 0.29) is 0 Å². The van der Waals surface area contributed by atoms with Crippen LogP contribution in [0.2, 0.25) is 0 Å². The molecule has 0 unspecified atom stereocenters. The van der Waals surface area contributed by atoms with Crippen molar-refractivity contribution in [3.63, 3.8) is 0 Å². The number of hydrogen-bond acceptors (Lipinski definition) is 3. The third kappa shape index (κ3) is 1.11. The van der Waals surface area contributed by atoms with E-state index in [1.807, 2.05) is 24.5 Å².